The van der Waals surface area contributed by atoms with Gasteiger partial charge in [0.25, 0.3) is 5.91 Å². The minimum Gasteiger partial charge on any atom is -0.459 e. The molecule has 0 radical (unpaired) electrons. The fourth-order valence-corrected chi connectivity index (χ4v) is 5.63. The summed E-state index contributed by atoms with van der Waals surface area (Å²) in [5.41, 5.74) is 1.19. The molecular weight excluding hydrogens is 428 g/mol. The highest BCUT2D eigenvalue weighted by Crippen LogP contribution is 2.33. The number of amides is 1. The molecule has 2 atom stereocenters. The zero-order chi connectivity index (χ0) is 22.2. The Morgan fingerprint density at radius 2 is 1.94 bits per heavy atom. The van der Waals surface area contributed by atoms with Crippen molar-refractivity contribution in [2.24, 2.45) is 0 Å². The highest BCUT2D eigenvalue weighted by molar-refractivity contribution is 7.08. The molecule has 2 fully saturated rings. The largest absolute Gasteiger partial charge is 0.459 e. The predicted octanol–water partition coefficient (Wildman–Crippen LogP) is 2.96. The van der Waals surface area contributed by atoms with E-state index in [1.54, 1.807) is 11.3 Å². The molecule has 1 aromatic heterocycles. The molecule has 0 spiro atoms. The number of thiophene rings is 1. The summed E-state index contributed by atoms with van der Waals surface area (Å²) in [6, 6.07) is 2.71. The molecule has 0 aromatic carbocycles. The summed E-state index contributed by atoms with van der Waals surface area (Å²) < 4.78 is 17.2. The van der Waals surface area contributed by atoms with Gasteiger partial charge >= 0.3 is 0 Å². The lowest BCUT2D eigenvalue weighted by molar-refractivity contribution is -0.157. The lowest BCUT2D eigenvalue weighted by atomic mass is 9.94. The number of hydrogen-bond acceptors (Lipinski definition) is 7. The van der Waals surface area contributed by atoms with Crippen LogP contribution in [0, 0.1) is 0 Å². The molecule has 0 aliphatic carbocycles. The second-order valence-corrected chi connectivity index (χ2v) is 9.58. The van der Waals surface area contributed by atoms with Crippen LogP contribution in [0.25, 0.3) is 0 Å². The maximum atomic E-state index is 13.3. The Hall–Kier alpha value is -1.45. The van der Waals surface area contributed by atoms with Crippen molar-refractivity contribution >= 4 is 17.2 Å². The zero-order valence-corrected chi connectivity index (χ0v) is 19.6. The fraction of sp³-hybridized carbons (Fsp3) is 0.708. The van der Waals surface area contributed by atoms with E-state index in [1.807, 2.05) is 11.0 Å². The van der Waals surface area contributed by atoms with Crippen molar-refractivity contribution < 1.29 is 24.1 Å². The SMILES string of the molecule is O=C(C1=C[C@H](c2ccsc2)C[C@H](OCCOCCO)O1)N1CCC(N2CCCCC2)CC1. The number of rotatable bonds is 9. The molecule has 3 aliphatic heterocycles. The molecule has 7 nitrogen and oxygen atoms in total. The maximum Gasteiger partial charge on any atom is 0.288 e. The molecule has 0 saturated carbocycles. The summed E-state index contributed by atoms with van der Waals surface area (Å²) >= 11 is 1.66. The Balaban J connectivity index is 1.34. The van der Waals surface area contributed by atoms with Crippen molar-refractivity contribution in [3.05, 3.63) is 34.2 Å². The summed E-state index contributed by atoms with van der Waals surface area (Å²) in [4.78, 5) is 17.9. The first kappa shape index (κ1) is 23.7. The molecule has 178 valence electrons. The summed E-state index contributed by atoms with van der Waals surface area (Å²) in [6.07, 6.45) is 8.19. The summed E-state index contributed by atoms with van der Waals surface area (Å²) in [7, 11) is 0. The van der Waals surface area contributed by atoms with Crippen LogP contribution in [0.1, 0.15) is 50.0 Å². The van der Waals surface area contributed by atoms with Gasteiger partial charge in [-0.3, -0.25) is 4.79 Å². The van der Waals surface area contributed by atoms with Gasteiger partial charge in [-0.2, -0.15) is 11.3 Å². The van der Waals surface area contributed by atoms with Crippen molar-refractivity contribution in [3.8, 4) is 0 Å². The number of nitrogens with zero attached hydrogens (tertiary/aromatic N) is 2. The van der Waals surface area contributed by atoms with Gasteiger partial charge in [-0.1, -0.05) is 6.42 Å². The van der Waals surface area contributed by atoms with Crippen LogP contribution in [-0.2, 0) is 19.0 Å². The van der Waals surface area contributed by atoms with E-state index in [4.69, 9.17) is 19.3 Å². The van der Waals surface area contributed by atoms with Crippen molar-refractivity contribution in [2.75, 3.05) is 52.6 Å². The van der Waals surface area contributed by atoms with Crippen molar-refractivity contribution in [1.82, 2.24) is 9.80 Å². The van der Waals surface area contributed by atoms with Gasteiger partial charge in [0.15, 0.2) is 5.76 Å². The summed E-state index contributed by atoms with van der Waals surface area (Å²) in [5, 5.41) is 13.0. The van der Waals surface area contributed by atoms with Gasteiger partial charge in [-0.25, -0.2) is 0 Å². The smallest absolute Gasteiger partial charge is 0.288 e. The molecule has 2 saturated heterocycles. The predicted molar refractivity (Wildman–Crippen MR) is 124 cm³/mol. The molecule has 32 heavy (non-hydrogen) atoms. The number of allylic oxidation sites excluding steroid dienone is 1. The van der Waals surface area contributed by atoms with Gasteiger partial charge in [-0.15, -0.1) is 0 Å². The van der Waals surface area contributed by atoms with Crippen LogP contribution in [0.15, 0.2) is 28.7 Å². The van der Waals surface area contributed by atoms with E-state index in [0.717, 1.165) is 25.9 Å². The molecule has 4 rings (SSSR count). The average Bonchev–Trinajstić information content (AvgIpc) is 3.39. The first-order valence-corrected chi connectivity index (χ1v) is 12.9. The monoisotopic (exact) mass is 464 g/mol. The number of hydrogen-bond donors (Lipinski definition) is 1. The van der Waals surface area contributed by atoms with E-state index in [9.17, 15) is 4.79 Å². The Labute approximate surface area is 194 Å². The summed E-state index contributed by atoms with van der Waals surface area (Å²) in [6.45, 7) is 5.02. The zero-order valence-electron chi connectivity index (χ0n) is 18.8. The molecule has 1 aromatic rings. The van der Waals surface area contributed by atoms with Crippen LogP contribution in [0.5, 0.6) is 0 Å². The highest BCUT2D eigenvalue weighted by atomic mass is 32.1. The Morgan fingerprint density at radius 3 is 2.66 bits per heavy atom. The topological polar surface area (TPSA) is 71.5 Å². The fourth-order valence-electron chi connectivity index (χ4n) is 4.91. The molecule has 3 aliphatic rings. The van der Waals surface area contributed by atoms with Crippen LogP contribution in [-0.4, -0.2) is 85.8 Å². The normalized spacial score (nSPS) is 25.4. The Kier molecular flexibility index (Phi) is 8.99. The van der Waals surface area contributed by atoms with Gasteiger partial charge in [0.1, 0.15) is 0 Å². The maximum absolute atomic E-state index is 13.3. The molecular formula is C24H36N2O5S. The third-order valence-electron chi connectivity index (χ3n) is 6.67. The second-order valence-electron chi connectivity index (χ2n) is 8.80. The lowest BCUT2D eigenvalue weighted by Crippen LogP contribution is -2.49. The van der Waals surface area contributed by atoms with Crippen molar-refractivity contribution in [1.29, 1.82) is 0 Å². The minimum atomic E-state index is -0.479. The third kappa shape index (κ3) is 6.32. The Bertz CT molecular complexity index is 727. The number of likely N-dealkylation sites (tertiary alicyclic amines) is 2. The van der Waals surface area contributed by atoms with E-state index in [1.165, 1.54) is 37.9 Å². The van der Waals surface area contributed by atoms with Gasteiger partial charge in [0.05, 0.1) is 26.4 Å². The van der Waals surface area contributed by atoms with Crippen LogP contribution in [0.3, 0.4) is 0 Å². The van der Waals surface area contributed by atoms with E-state index in [2.05, 4.69) is 21.7 Å². The number of aliphatic hydroxyl groups excluding tert-OH is 1. The molecule has 0 bridgehead atoms. The van der Waals surface area contributed by atoms with Gasteiger partial charge in [0, 0.05) is 31.5 Å². The number of piperidine rings is 2. The number of ether oxygens (including phenoxy) is 3. The highest BCUT2D eigenvalue weighted by Gasteiger charge is 2.33. The molecule has 0 unspecified atom stereocenters. The van der Waals surface area contributed by atoms with Gasteiger partial charge in [0.2, 0.25) is 6.29 Å². The van der Waals surface area contributed by atoms with Crippen molar-refractivity contribution in [3.63, 3.8) is 0 Å². The van der Waals surface area contributed by atoms with Gasteiger partial charge < -0.3 is 29.1 Å². The van der Waals surface area contributed by atoms with Gasteiger partial charge in [-0.05, 0) is 67.2 Å². The van der Waals surface area contributed by atoms with E-state index in [-0.39, 0.29) is 18.4 Å². The number of carbonyl (C=O) groups excluding carboxylic acids is 1. The van der Waals surface area contributed by atoms with Crippen LogP contribution >= 0.6 is 11.3 Å². The van der Waals surface area contributed by atoms with Crippen LogP contribution < -0.4 is 0 Å². The standard InChI is InChI=1S/C24H36N2O5S/c27-11-12-29-13-14-30-23-17-20(19-6-15-32-18-19)16-22(31-23)24(28)26-9-4-21(5-10-26)25-7-2-1-3-8-25/h6,15-16,18,20-21,23,27H,1-5,7-14,17H2/t20-,23+/m0/s1. The summed E-state index contributed by atoms with van der Waals surface area (Å²) in [5.74, 6) is 0.487. The van der Waals surface area contributed by atoms with E-state index < -0.39 is 6.29 Å². The van der Waals surface area contributed by atoms with Crippen LogP contribution in [0.2, 0.25) is 0 Å². The van der Waals surface area contributed by atoms with E-state index >= 15 is 0 Å². The quantitative estimate of drug-likeness (QED) is 0.567. The van der Waals surface area contributed by atoms with E-state index in [0.29, 0.717) is 38.0 Å². The molecule has 8 heteroatoms. The number of carbonyl (C=O) groups is 1. The average molecular weight is 465 g/mol. The molecule has 1 amide bonds. The first-order chi connectivity index (χ1) is 15.7. The lowest BCUT2D eigenvalue weighted by Gasteiger charge is -2.40. The number of aliphatic hydroxyl groups is 1. The first-order valence-electron chi connectivity index (χ1n) is 12.0. The molecule has 1 N–H and O–H groups in total. The minimum absolute atomic E-state index is 0.00397. The van der Waals surface area contributed by atoms with Crippen LogP contribution in [0.4, 0.5) is 0 Å². The Morgan fingerprint density at radius 1 is 1.12 bits per heavy atom. The molecule has 4 heterocycles. The van der Waals surface area contributed by atoms with Crippen molar-refractivity contribution in [2.45, 2.75) is 56.8 Å². The second kappa shape index (κ2) is 12.1. The third-order valence-corrected chi connectivity index (χ3v) is 7.37.